The van der Waals surface area contributed by atoms with Gasteiger partial charge < -0.3 is 15.0 Å². The highest BCUT2D eigenvalue weighted by atomic mass is 16.5. The molecule has 1 aromatic heterocycles. The van der Waals surface area contributed by atoms with Crippen LogP contribution in [0.5, 0.6) is 5.88 Å². The topological polar surface area (TPSA) is 74.8 Å². The van der Waals surface area contributed by atoms with Gasteiger partial charge in [-0.2, -0.15) is 0 Å². The number of carbonyl (C=O) groups is 2. The van der Waals surface area contributed by atoms with E-state index in [0.29, 0.717) is 50.7 Å². The quantitative estimate of drug-likeness (QED) is 0.828. The molecule has 1 N–H and O–H groups in total. The zero-order valence-corrected chi connectivity index (χ0v) is 15.4. The number of piperazine rings is 1. The summed E-state index contributed by atoms with van der Waals surface area (Å²) in [6.45, 7) is 3.41. The lowest BCUT2D eigenvalue weighted by atomic mass is 10.2. The molecule has 1 fully saturated rings. The number of benzene rings is 1. The third kappa shape index (κ3) is 5.27. The average Bonchev–Trinajstić information content (AvgIpc) is 2.73. The minimum Gasteiger partial charge on any atom is -0.481 e. The fourth-order valence-electron chi connectivity index (χ4n) is 2.97. The Morgan fingerprint density at radius 2 is 1.81 bits per heavy atom. The summed E-state index contributed by atoms with van der Waals surface area (Å²) in [7, 11) is 1.54. The molecule has 7 nitrogen and oxygen atoms in total. The van der Waals surface area contributed by atoms with Crippen molar-refractivity contribution in [3.63, 3.8) is 0 Å². The van der Waals surface area contributed by atoms with E-state index < -0.39 is 0 Å². The van der Waals surface area contributed by atoms with Gasteiger partial charge in [-0.15, -0.1) is 0 Å². The van der Waals surface area contributed by atoms with Crippen LogP contribution in [0.25, 0.3) is 0 Å². The molecule has 2 aromatic rings. The van der Waals surface area contributed by atoms with Crippen LogP contribution in [0, 0.1) is 0 Å². The number of nitrogens with zero attached hydrogens (tertiary/aromatic N) is 3. The van der Waals surface area contributed by atoms with Gasteiger partial charge in [0, 0.05) is 45.0 Å². The molecule has 3 rings (SSSR count). The van der Waals surface area contributed by atoms with Gasteiger partial charge in [-0.25, -0.2) is 4.98 Å². The van der Waals surface area contributed by atoms with Gasteiger partial charge in [0.15, 0.2) is 0 Å². The molecule has 142 valence electrons. The molecule has 2 amide bonds. The van der Waals surface area contributed by atoms with E-state index in [4.69, 9.17) is 4.74 Å². The van der Waals surface area contributed by atoms with E-state index in [0.717, 1.165) is 5.56 Å². The zero-order chi connectivity index (χ0) is 19.1. The van der Waals surface area contributed by atoms with Crippen LogP contribution in [0.2, 0.25) is 0 Å². The largest absolute Gasteiger partial charge is 0.481 e. The van der Waals surface area contributed by atoms with E-state index >= 15 is 0 Å². The summed E-state index contributed by atoms with van der Waals surface area (Å²) in [6.07, 6.45) is 1.53. The second kappa shape index (κ2) is 9.14. The summed E-state index contributed by atoms with van der Waals surface area (Å²) in [6, 6.07) is 13.2. The maximum Gasteiger partial charge on any atom is 0.255 e. The van der Waals surface area contributed by atoms with Crippen molar-refractivity contribution >= 4 is 11.8 Å². The average molecular weight is 368 g/mol. The Labute approximate surface area is 158 Å². The number of ether oxygens (including phenoxy) is 1. The summed E-state index contributed by atoms with van der Waals surface area (Å²) in [5.74, 6) is 0.439. The molecule has 0 unspecified atom stereocenters. The highest BCUT2D eigenvalue weighted by molar-refractivity contribution is 5.94. The number of amides is 2. The first-order valence-corrected chi connectivity index (χ1v) is 8.98. The molecule has 0 saturated carbocycles. The van der Waals surface area contributed by atoms with E-state index in [1.54, 1.807) is 24.1 Å². The molecule has 2 heterocycles. The van der Waals surface area contributed by atoms with E-state index in [-0.39, 0.29) is 11.8 Å². The number of hydrogen-bond donors (Lipinski definition) is 1. The molecule has 0 atom stereocenters. The van der Waals surface area contributed by atoms with Gasteiger partial charge in [-0.05, 0) is 11.6 Å². The first-order chi connectivity index (χ1) is 13.2. The van der Waals surface area contributed by atoms with E-state index in [1.807, 2.05) is 30.3 Å². The normalized spacial score (nSPS) is 14.6. The van der Waals surface area contributed by atoms with Crippen LogP contribution >= 0.6 is 0 Å². The van der Waals surface area contributed by atoms with Crippen molar-refractivity contribution in [3.8, 4) is 5.88 Å². The van der Waals surface area contributed by atoms with Crippen molar-refractivity contribution in [2.24, 2.45) is 0 Å². The molecule has 1 aliphatic rings. The van der Waals surface area contributed by atoms with Gasteiger partial charge in [0.05, 0.1) is 19.2 Å². The zero-order valence-electron chi connectivity index (χ0n) is 15.4. The van der Waals surface area contributed by atoms with E-state index in [1.165, 1.54) is 6.20 Å². The van der Waals surface area contributed by atoms with Crippen molar-refractivity contribution in [1.82, 2.24) is 20.1 Å². The third-order valence-electron chi connectivity index (χ3n) is 4.55. The third-order valence-corrected chi connectivity index (χ3v) is 4.55. The summed E-state index contributed by atoms with van der Waals surface area (Å²) in [5, 5.41) is 2.94. The van der Waals surface area contributed by atoms with Crippen molar-refractivity contribution in [2.75, 3.05) is 39.8 Å². The predicted octanol–water partition coefficient (Wildman–Crippen LogP) is 1.16. The smallest absolute Gasteiger partial charge is 0.255 e. The highest BCUT2D eigenvalue weighted by Gasteiger charge is 2.23. The second-order valence-electron chi connectivity index (χ2n) is 6.42. The Hall–Kier alpha value is -2.93. The molecule has 7 heteroatoms. The lowest BCUT2D eigenvalue weighted by Crippen LogP contribution is -2.51. The molecule has 1 saturated heterocycles. The SMILES string of the molecule is COc1ccc(C(=O)N2CCN(CC(=O)NCc3ccccc3)CC2)cn1. The van der Waals surface area contributed by atoms with Crippen molar-refractivity contribution in [1.29, 1.82) is 0 Å². The van der Waals surface area contributed by atoms with Crippen LogP contribution in [0.3, 0.4) is 0 Å². The monoisotopic (exact) mass is 368 g/mol. The van der Waals surface area contributed by atoms with Crippen molar-refractivity contribution in [3.05, 3.63) is 59.8 Å². The maximum absolute atomic E-state index is 12.5. The van der Waals surface area contributed by atoms with Gasteiger partial charge in [0.2, 0.25) is 11.8 Å². The Bertz CT molecular complexity index is 757. The van der Waals surface area contributed by atoms with Crippen LogP contribution in [0.15, 0.2) is 48.7 Å². The highest BCUT2D eigenvalue weighted by Crippen LogP contribution is 2.11. The number of nitrogens with one attached hydrogen (secondary N) is 1. The van der Waals surface area contributed by atoms with Gasteiger partial charge in [0.1, 0.15) is 0 Å². The summed E-state index contributed by atoms with van der Waals surface area (Å²) in [4.78, 5) is 32.6. The van der Waals surface area contributed by atoms with Crippen LogP contribution in [-0.2, 0) is 11.3 Å². The Morgan fingerprint density at radius 1 is 1.07 bits per heavy atom. The number of carbonyl (C=O) groups excluding carboxylic acids is 2. The second-order valence-corrected chi connectivity index (χ2v) is 6.42. The number of methoxy groups -OCH3 is 1. The first-order valence-electron chi connectivity index (χ1n) is 8.98. The number of hydrogen-bond acceptors (Lipinski definition) is 5. The first kappa shape index (κ1) is 18.8. The molecule has 1 aromatic carbocycles. The predicted molar refractivity (Wildman–Crippen MR) is 101 cm³/mol. The standard InChI is InChI=1S/C20H24N4O3/c1-27-19-8-7-17(14-22-19)20(26)24-11-9-23(10-12-24)15-18(25)21-13-16-5-3-2-4-6-16/h2-8,14H,9-13,15H2,1H3,(H,21,25). The minimum atomic E-state index is -0.0432. The fraction of sp³-hybridized carbons (Fsp3) is 0.350. The van der Waals surface area contributed by atoms with Crippen LogP contribution < -0.4 is 10.1 Å². The summed E-state index contributed by atoms with van der Waals surface area (Å²) >= 11 is 0. The molecule has 0 spiro atoms. The molecular formula is C20H24N4O3. The molecule has 0 aliphatic carbocycles. The molecule has 27 heavy (non-hydrogen) atoms. The van der Waals surface area contributed by atoms with Gasteiger partial charge in [-0.3, -0.25) is 14.5 Å². The van der Waals surface area contributed by atoms with Gasteiger partial charge in [-0.1, -0.05) is 30.3 Å². The number of rotatable bonds is 6. The number of pyridine rings is 1. The minimum absolute atomic E-state index is 0.00187. The lowest BCUT2D eigenvalue weighted by Gasteiger charge is -2.34. The van der Waals surface area contributed by atoms with Crippen LogP contribution in [0.4, 0.5) is 0 Å². The molecule has 0 bridgehead atoms. The fourth-order valence-corrected chi connectivity index (χ4v) is 2.97. The number of aromatic nitrogens is 1. The van der Waals surface area contributed by atoms with Crippen molar-refractivity contribution < 1.29 is 14.3 Å². The Kier molecular flexibility index (Phi) is 6.38. The van der Waals surface area contributed by atoms with E-state index in [2.05, 4.69) is 15.2 Å². The maximum atomic E-state index is 12.5. The van der Waals surface area contributed by atoms with Crippen molar-refractivity contribution in [2.45, 2.75) is 6.54 Å². The van der Waals surface area contributed by atoms with Gasteiger partial charge >= 0.3 is 0 Å². The van der Waals surface area contributed by atoms with Crippen LogP contribution in [-0.4, -0.2) is 66.4 Å². The lowest BCUT2D eigenvalue weighted by molar-refractivity contribution is -0.122. The molecule has 1 aliphatic heterocycles. The summed E-state index contributed by atoms with van der Waals surface area (Å²) in [5.41, 5.74) is 1.62. The summed E-state index contributed by atoms with van der Waals surface area (Å²) < 4.78 is 5.01. The molecular weight excluding hydrogens is 344 g/mol. The van der Waals surface area contributed by atoms with Gasteiger partial charge in [0.25, 0.3) is 5.91 Å². The van der Waals surface area contributed by atoms with E-state index in [9.17, 15) is 9.59 Å². The van der Waals surface area contributed by atoms with Crippen LogP contribution in [0.1, 0.15) is 15.9 Å². The Balaban J connectivity index is 1.42. The Morgan fingerprint density at radius 3 is 2.44 bits per heavy atom. The molecule has 0 radical (unpaired) electrons.